The van der Waals surface area contributed by atoms with Gasteiger partial charge in [-0.1, -0.05) is 35.9 Å². The van der Waals surface area contributed by atoms with Crippen molar-refractivity contribution >= 4 is 12.1 Å². The van der Waals surface area contributed by atoms with Crippen LogP contribution < -0.4 is 5.43 Å². The average Bonchev–Trinajstić information content (AvgIpc) is 3.19. The van der Waals surface area contributed by atoms with Crippen LogP contribution in [0, 0.1) is 12.7 Å². The summed E-state index contributed by atoms with van der Waals surface area (Å²) in [7, 11) is 0. The van der Waals surface area contributed by atoms with E-state index in [2.05, 4.69) is 15.6 Å². The third-order valence-corrected chi connectivity index (χ3v) is 4.56. The van der Waals surface area contributed by atoms with Gasteiger partial charge in [0.25, 0.3) is 5.91 Å². The molecule has 0 saturated heterocycles. The maximum Gasteiger partial charge on any atom is 0.271 e. The van der Waals surface area contributed by atoms with Gasteiger partial charge in [0.1, 0.15) is 11.5 Å². The van der Waals surface area contributed by atoms with Crippen molar-refractivity contribution in [2.24, 2.45) is 5.10 Å². The Bertz CT molecular complexity index is 1180. The molecule has 3 aromatic carbocycles. The van der Waals surface area contributed by atoms with Gasteiger partial charge in [0, 0.05) is 22.9 Å². The lowest BCUT2D eigenvalue weighted by Gasteiger charge is -2.01. The van der Waals surface area contributed by atoms with Crippen molar-refractivity contribution in [3.8, 4) is 16.9 Å². The Balaban J connectivity index is 1.63. The van der Waals surface area contributed by atoms with E-state index in [0.717, 1.165) is 16.8 Å². The van der Waals surface area contributed by atoms with Gasteiger partial charge in [-0.15, -0.1) is 0 Å². The second-order valence-electron chi connectivity index (χ2n) is 6.79. The van der Waals surface area contributed by atoms with Crippen LogP contribution in [0.5, 0.6) is 0 Å². The van der Waals surface area contributed by atoms with Gasteiger partial charge in [0.2, 0.25) is 0 Å². The normalized spacial score (nSPS) is 11.0. The van der Waals surface area contributed by atoms with Crippen molar-refractivity contribution in [3.05, 3.63) is 108 Å². The molecule has 0 bridgehead atoms. The molecule has 0 fully saturated rings. The maximum absolute atomic E-state index is 13.4. The summed E-state index contributed by atoms with van der Waals surface area (Å²) in [6.45, 7) is 1.96. The van der Waals surface area contributed by atoms with E-state index in [9.17, 15) is 9.18 Å². The number of nitrogens with zero attached hydrogens (tertiary/aromatic N) is 3. The summed E-state index contributed by atoms with van der Waals surface area (Å²) in [6, 6.07) is 23.0. The lowest BCUT2D eigenvalue weighted by Crippen LogP contribution is -2.17. The van der Waals surface area contributed by atoms with E-state index < -0.39 is 0 Å². The van der Waals surface area contributed by atoms with Crippen LogP contribution in [0.3, 0.4) is 0 Å². The lowest BCUT2D eigenvalue weighted by atomic mass is 10.1. The van der Waals surface area contributed by atoms with Crippen molar-refractivity contribution < 1.29 is 9.18 Å². The average molecular weight is 398 g/mol. The SMILES string of the molecule is Cc1ccc(C(=O)NN=Cc2cn(-c3ccccc3)nc2-c2ccc(F)cc2)cc1. The highest BCUT2D eigenvalue weighted by atomic mass is 19.1. The molecule has 1 amide bonds. The number of hydrogen-bond acceptors (Lipinski definition) is 3. The fourth-order valence-electron chi connectivity index (χ4n) is 2.96. The maximum atomic E-state index is 13.4. The number of para-hydroxylation sites is 1. The van der Waals surface area contributed by atoms with E-state index in [1.165, 1.54) is 18.3 Å². The summed E-state index contributed by atoms with van der Waals surface area (Å²) in [5.74, 6) is -0.619. The van der Waals surface area contributed by atoms with Crippen LogP contribution in [-0.2, 0) is 0 Å². The molecule has 6 heteroatoms. The molecule has 148 valence electrons. The molecule has 0 aliphatic heterocycles. The van der Waals surface area contributed by atoms with Gasteiger partial charge < -0.3 is 0 Å². The number of carbonyl (C=O) groups is 1. The van der Waals surface area contributed by atoms with Crippen molar-refractivity contribution in [2.45, 2.75) is 6.92 Å². The number of hydrazone groups is 1. The summed E-state index contributed by atoms with van der Waals surface area (Å²) in [5, 5.41) is 8.74. The predicted molar refractivity (Wildman–Crippen MR) is 115 cm³/mol. The first kappa shape index (κ1) is 19.3. The van der Waals surface area contributed by atoms with Crippen LogP contribution in [0.15, 0.2) is 90.2 Å². The number of rotatable bonds is 5. The summed E-state index contributed by atoms with van der Waals surface area (Å²) in [6.07, 6.45) is 3.35. The monoisotopic (exact) mass is 398 g/mol. The van der Waals surface area contributed by atoms with Gasteiger partial charge in [-0.25, -0.2) is 14.5 Å². The quantitative estimate of drug-likeness (QED) is 0.390. The van der Waals surface area contributed by atoms with Crippen molar-refractivity contribution in [3.63, 3.8) is 0 Å². The number of amides is 1. The van der Waals surface area contributed by atoms with Crippen LogP contribution in [0.2, 0.25) is 0 Å². The molecule has 0 radical (unpaired) electrons. The number of aromatic nitrogens is 2. The van der Waals surface area contributed by atoms with Gasteiger partial charge in [0.15, 0.2) is 0 Å². The molecule has 5 nitrogen and oxygen atoms in total. The Morgan fingerprint density at radius 2 is 1.70 bits per heavy atom. The third kappa shape index (κ3) is 4.33. The Labute approximate surface area is 173 Å². The van der Waals surface area contributed by atoms with E-state index in [4.69, 9.17) is 0 Å². The van der Waals surface area contributed by atoms with E-state index in [-0.39, 0.29) is 11.7 Å². The zero-order chi connectivity index (χ0) is 20.9. The molecule has 4 aromatic rings. The summed E-state index contributed by atoms with van der Waals surface area (Å²) in [5.41, 5.74) is 7.09. The number of aryl methyl sites for hydroxylation is 1. The van der Waals surface area contributed by atoms with Crippen molar-refractivity contribution in [1.29, 1.82) is 0 Å². The molecule has 1 aromatic heterocycles. The van der Waals surface area contributed by atoms with Gasteiger partial charge in [-0.05, 0) is 55.5 Å². The largest absolute Gasteiger partial charge is 0.271 e. The molecular weight excluding hydrogens is 379 g/mol. The van der Waals surface area contributed by atoms with Gasteiger partial charge >= 0.3 is 0 Å². The standard InChI is InChI=1S/C24H19FN4O/c1-17-7-9-19(10-8-17)24(30)27-26-15-20-16-29(22-5-3-2-4-6-22)28-23(20)18-11-13-21(25)14-12-18/h2-16H,1H3,(H,27,30). The van der Waals surface area contributed by atoms with Crippen molar-refractivity contribution in [2.75, 3.05) is 0 Å². The molecule has 0 saturated carbocycles. The minimum atomic E-state index is -0.318. The van der Waals surface area contributed by atoms with Gasteiger partial charge in [-0.2, -0.15) is 10.2 Å². The summed E-state index contributed by atoms with van der Waals surface area (Å²) >= 11 is 0. The second kappa shape index (κ2) is 8.53. The number of hydrogen-bond donors (Lipinski definition) is 1. The lowest BCUT2D eigenvalue weighted by molar-refractivity contribution is 0.0955. The molecule has 0 unspecified atom stereocenters. The molecule has 0 spiro atoms. The van der Waals surface area contributed by atoms with Gasteiger partial charge in [-0.3, -0.25) is 4.79 Å². The smallest absolute Gasteiger partial charge is 0.267 e. The first-order chi connectivity index (χ1) is 14.6. The van der Waals surface area contributed by atoms with Crippen LogP contribution in [0.4, 0.5) is 4.39 Å². The van der Waals surface area contributed by atoms with Crippen LogP contribution in [0.1, 0.15) is 21.5 Å². The molecule has 0 aliphatic rings. The summed E-state index contributed by atoms with van der Waals surface area (Å²) < 4.78 is 15.1. The van der Waals surface area contributed by atoms with E-state index in [0.29, 0.717) is 16.8 Å². The Morgan fingerprint density at radius 3 is 2.40 bits per heavy atom. The Hall–Kier alpha value is -4.06. The van der Waals surface area contributed by atoms with Gasteiger partial charge in [0.05, 0.1) is 11.9 Å². The Morgan fingerprint density at radius 1 is 1.00 bits per heavy atom. The first-order valence-corrected chi connectivity index (χ1v) is 9.41. The number of benzene rings is 3. The fourth-order valence-corrected chi connectivity index (χ4v) is 2.96. The minimum absolute atomic E-state index is 0.301. The first-order valence-electron chi connectivity index (χ1n) is 9.41. The van der Waals surface area contributed by atoms with Crippen LogP contribution in [-0.4, -0.2) is 21.9 Å². The van der Waals surface area contributed by atoms with E-state index in [1.54, 1.807) is 28.9 Å². The molecule has 0 aliphatic carbocycles. The fraction of sp³-hybridized carbons (Fsp3) is 0.0417. The third-order valence-electron chi connectivity index (χ3n) is 4.56. The summed E-state index contributed by atoms with van der Waals surface area (Å²) in [4.78, 5) is 12.3. The molecule has 1 N–H and O–H groups in total. The second-order valence-corrected chi connectivity index (χ2v) is 6.79. The van der Waals surface area contributed by atoms with E-state index in [1.807, 2.05) is 55.6 Å². The zero-order valence-electron chi connectivity index (χ0n) is 16.3. The van der Waals surface area contributed by atoms with Crippen LogP contribution in [0.25, 0.3) is 16.9 Å². The predicted octanol–water partition coefficient (Wildman–Crippen LogP) is 4.75. The highest BCUT2D eigenvalue weighted by Gasteiger charge is 2.12. The minimum Gasteiger partial charge on any atom is -0.267 e. The highest BCUT2D eigenvalue weighted by Crippen LogP contribution is 2.23. The van der Waals surface area contributed by atoms with E-state index >= 15 is 0 Å². The molecular formula is C24H19FN4O. The molecule has 1 heterocycles. The highest BCUT2D eigenvalue weighted by molar-refractivity contribution is 5.95. The number of carbonyl (C=O) groups excluding carboxylic acids is 1. The number of nitrogens with one attached hydrogen (secondary N) is 1. The molecule has 30 heavy (non-hydrogen) atoms. The number of halogens is 1. The molecule has 0 atom stereocenters. The van der Waals surface area contributed by atoms with Crippen molar-refractivity contribution in [1.82, 2.24) is 15.2 Å². The zero-order valence-corrected chi connectivity index (χ0v) is 16.3. The van der Waals surface area contributed by atoms with Crippen LogP contribution >= 0.6 is 0 Å². The Kier molecular flexibility index (Phi) is 5.48. The molecule has 4 rings (SSSR count). The topological polar surface area (TPSA) is 59.3 Å².